The van der Waals surface area contributed by atoms with Crippen molar-refractivity contribution in [2.75, 3.05) is 26.9 Å². The van der Waals surface area contributed by atoms with Gasteiger partial charge in [0.25, 0.3) is 0 Å². The fourth-order valence-electron chi connectivity index (χ4n) is 6.61. The number of carbonyl (C=O) groups is 3. The summed E-state index contributed by atoms with van der Waals surface area (Å²) in [4.78, 5) is 40.3. The third kappa shape index (κ3) is 9.33. The number of aldehydes is 1. The lowest BCUT2D eigenvalue weighted by atomic mass is 9.75. The van der Waals surface area contributed by atoms with Crippen molar-refractivity contribution in [3.8, 4) is 11.5 Å². The Morgan fingerprint density at radius 3 is 2.62 bits per heavy atom. The number of nitrogens with zero attached hydrogens (tertiary/aromatic N) is 1. The van der Waals surface area contributed by atoms with Gasteiger partial charge in [-0.1, -0.05) is 45.4 Å². The highest BCUT2D eigenvalue weighted by molar-refractivity contribution is 14.1. The number of halogens is 2. The minimum absolute atomic E-state index is 0.00363. The minimum atomic E-state index is -1.36. The Morgan fingerprint density at radius 2 is 1.96 bits per heavy atom. The Balaban J connectivity index is 1.70. The van der Waals surface area contributed by atoms with Crippen LogP contribution in [0.25, 0.3) is 0 Å². The zero-order chi connectivity index (χ0) is 35.0. The van der Waals surface area contributed by atoms with E-state index >= 15 is 4.39 Å². The highest BCUT2D eigenvalue weighted by Crippen LogP contribution is 2.38. The van der Waals surface area contributed by atoms with E-state index in [0.29, 0.717) is 33.2 Å². The molecule has 2 amide bonds. The zero-order valence-electron chi connectivity index (χ0n) is 27.9. The first kappa shape index (κ1) is 37.7. The van der Waals surface area contributed by atoms with Crippen LogP contribution in [0.3, 0.4) is 0 Å². The SMILES string of the molecule is COc1cc(C=O)cc(I)c1O[C@H]1C=C(C(=O)NCCO)C[C@@H](N(Cc2ccccc2F)C(=O)CO[C@H]2C[C@@H](C)CC[C@@H]2C(C)C)[C@@H]1O. The molecule has 0 radical (unpaired) electrons. The summed E-state index contributed by atoms with van der Waals surface area (Å²) in [5, 5.41) is 23.9. The summed E-state index contributed by atoms with van der Waals surface area (Å²) in [7, 11) is 1.42. The van der Waals surface area contributed by atoms with E-state index in [1.807, 2.05) is 22.6 Å². The fourth-order valence-corrected chi connectivity index (χ4v) is 7.36. The molecule has 0 aromatic heterocycles. The molecule has 12 heteroatoms. The van der Waals surface area contributed by atoms with Crippen LogP contribution >= 0.6 is 22.6 Å². The molecule has 0 heterocycles. The van der Waals surface area contributed by atoms with Gasteiger partial charge in [-0.15, -0.1) is 0 Å². The van der Waals surface area contributed by atoms with E-state index in [1.54, 1.807) is 24.3 Å². The first-order valence-electron chi connectivity index (χ1n) is 16.4. The first-order valence-corrected chi connectivity index (χ1v) is 17.5. The van der Waals surface area contributed by atoms with Gasteiger partial charge >= 0.3 is 0 Å². The molecule has 0 saturated heterocycles. The number of aliphatic hydroxyl groups is 2. The number of rotatable bonds is 14. The third-order valence-corrected chi connectivity index (χ3v) is 10.1. The summed E-state index contributed by atoms with van der Waals surface area (Å²) in [6, 6.07) is 8.18. The van der Waals surface area contributed by atoms with Crippen molar-refractivity contribution in [2.45, 2.75) is 77.4 Å². The number of amides is 2. The number of carbonyl (C=O) groups excluding carboxylic acids is 3. The molecule has 2 aromatic rings. The number of hydrogen-bond acceptors (Lipinski definition) is 8. The summed E-state index contributed by atoms with van der Waals surface area (Å²) < 4.78 is 33.7. The topological polar surface area (TPSA) is 135 Å². The van der Waals surface area contributed by atoms with Crippen molar-refractivity contribution in [3.05, 3.63) is 68.6 Å². The van der Waals surface area contributed by atoms with Crippen LogP contribution in [0.5, 0.6) is 11.5 Å². The van der Waals surface area contributed by atoms with Gasteiger partial charge in [0.15, 0.2) is 11.5 Å². The van der Waals surface area contributed by atoms with Gasteiger partial charge in [0.2, 0.25) is 11.8 Å². The van der Waals surface area contributed by atoms with E-state index in [2.05, 4.69) is 26.1 Å². The number of methoxy groups -OCH3 is 1. The molecule has 0 aliphatic heterocycles. The largest absolute Gasteiger partial charge is 0.493 e. The maximum absolute atomic E-state index is 15.0. The molecule has 2 aliphatic rings. The maximum atomic E-state index is 15.0. The molecule has 0 spiro atoms. The van der Waals surface area contributed by atoms with Gasteiger partial charge in [-0.3, -0.25) is 14.4 Å². The molecule has 262 valence electrons. The predicted molar refractivity (Wildman–Crippen MR) is 186 cm³/mol. The second-order valence-electron chi connectivity index (χ2n) is 13.0. The molecular weight excluding hydrogens is 734 g/mol. The molecule has 2 aliphatic carbocycles. The first-order chi connectivity index (χ1) is 23.0. The zero-order valence-corrected chi connectivity index (χ0v) is 30.0. The molecule has 3 N–H and O–H groups in total. The monoisotopic (exact) mass is 780 g/mol. The van der Waals surface area contributed by atoms with Crippen LogP contribution in [0, 0.1) is 27.1 Å². The van der Waals surface area contributed by atoms with Crippen LogP contribution in [-0.2, 0) is 20.9 Å². The summed E-state index contributed by atoms with van der Waals surface area (Å²) in [5.41, 5.74) is 0.817. The molecule has 48 heavy (non-hydrogen) atoms. The predicted octanol–water partition coefficient (Wildman–Crippen LogP) is 4.67. The molecule has 4 rings (SSSR count). The second kappa shape index (κ2) is 17.5. The van der Waals surface area contributed by atoms with Crippen molar-refractivity contribution >= 4 is 40.7 Å². The van der Waals surface area contributed by atoms with Crippen molar-refractivity contribution < 1.29 is 43.2 Å². The molecule has 10 nitrogen and oxygen atoms in total. The number of ether oxygens (including phenoxy) is 3. The van der Waals surface area contributed by atoms with Gasteiger partial charge in [-0.25, -0.2) is 4.39 Å². The van der Waals surface area contributed by atoms with E-state index in [4.69, 9.17) is 14.2 Å². The van der Waals surface area contributed by atoms with Gasteiger partial charge < -0.3 is 34.6 Å². The van der Waals surface area contributed by atoms with Crippen LogP contribution in [0.2, 0.25) is 0 Å². The lowest BCUT2D eigenvalue weighted by Gasteiger charge is -2.41. The number of benzene rings is 2. The molecular formula is C36H46FIN2O8. The molecule has 0 bridgehead atoms. The highest BCUT2D eigenvalue weighted by Gasteiger charge is 2.42. The van der Waals surface area contributed by atoms with Gasteiger partial charge in [0.1, 0.15) is 30.9 Å². The van der Waals surface area contributed by atoms with E-state index in [9.17, 15) is 24.6 Å². The lowest BCUT2D eigenvalue weighted by molar-refractivity contribution is -0.149. The Kier molecular flexibility index (Phi) is 13.8. The van der Waals surface area contributed by atoms with Crippen molar-refractivity contribution in [3.63, 3.8) is 0 Å². The standard InChI is InChI=1S/C36H46FIN2O8/c1-21(2)26-10-9-22(3)13-30(26)47-20-33(43)40(18-24-7-5-6-8-27(24)37)29-16-25(36(45)39-11-12-41)17-31(34(29)44)48-35-28(38)14-23(19-42)15-32(35)46-4/h5-8,14-15,17,19,21-22,26,29-31,34,41,44H,9-13,16,18,20H2,1-4H3,(H,39,45)/t22-,26+,29+,30-,31-,34-/m0/s1. The smallest absolute Gasteiger partial charge is 0.249 e. The Bertz CT molecular complexity index is 1470. The van der Waals surface area contributed by atoms with Gasteiger partial charge in [0, 0.05) is 36.2 Å². The van der Waals surface area contributed by atoms with Gasteiger partial charge in [-0.05, 0) is 77.5 Å². The summed E-state index contributed by atoms with van der Waals surface area (Å²) in [6.07, 6.45) is 2.39. The average molecular weight is 781 g/mol. The highest BCUT2D eigenvalue weighted by atomic mass is 127. The summed E-state index contributed by atoms with van der Waals surface area (Å²) >= 11 is 1.99. The Labute approximate surface area is 295 Å². The molecule has 2 aromatic carbocycles. The van der Waals surface area contributed by atoms with Crippen LogP contribution in [-0.4, -0.2) is 84.4 Å². The normalized spacial score (nSPS) is 24.1. The van der Waals surface area contributed by atoms with Crippen molar-refractivity contribution in [1.82, 2.24) is 10.2 Å². The third-order valence-electron chi connectivity index (χ3n) is 9.26. The lowest BCUT2D eigenvalue weighted by Crippen LogP contribution is -2.55. The van der Waals surface area contributed by atoms with Gasteiger partial charge in [-0.2, -0.15) is 0 Å². The van der Waals surface area contributed by atoms with E-state index in [1.165, 1.54) is 30.2 Å². The number of hydrogen-bond donors (Lipinski definition) is 3. The Hall–Kier alpha value is -3.07. The van der Waals surface area contributed by atoms with Gasteiger partial charge in [0.05, 0.1) is 29.4 Å². The van der Waals surface area contributed by atoms with Crippen LogP contribution in [0.1, 0.15) is 62.4 Å². The quantitative estimate of drug-likeness (QED) is 0.186. The van der Waals surface area contributed by atoms with E-state index < -0.39 is 35.9 Å². The van der Waals surface area contributed by atoms with Crippen molar-refractivity contribution in [2.24, 2.45) is 17.8 Å². The molecule has 6 atom stereocenters. The van der Waals surface area contributed by atoms with Crippen molar-refractivity contribution in [1.29, 1.82) is 0 Å². The van der Waals surface area contributed by atoms with Crippen LogP contribution < -0.4 is 14.8 Å². The van der Waals surface area contributed by atoms with E-state index in [-0.39, 0.29) is 61.5 Å². The summed E-state index contributed by atoms with van der Waals surface area (Å²) in [6.45, 7) is 5.74. The fraction of sp³-hybridized carbons (Fsp3) is 0.528. The average Bonchev–Trinajstić information content (AvgIpc) is 3.07. The minimum Gasteiger partial charge on any atom is -0.493 e. The van der Waals surface area contributed by atoms with Crippen LogP contribution in [0.4, 0.5) is 4.39 Å². The molecule has 0 unspecified atom stereocenters. The maximum Gasteiger partial charge on any atom is 0.249 e. The number of nitrogens with one attached hydrogen (secondary N) is 1. The Morgan fingerprint density at radius 1 is 1.21 bits per heavy atom. The molecule has 1 saturated carbocycles. The number of aliphatic hydroxyl groups excluding tert-OH is 2. The second-order valence-corrected chi connectivity index (χ2v) is 14.1. The van der Waals surface area contributed by atoms with E-state index in [0.717, 1.165) is 19.3 Å². The summed E-state index contributed by atoms with van der Waals surface area (Å²) in [5.74, 6) is 0.128. The van der Waals surface area contributed by atoms with Crippen LogP contribution in [0.15, 0.2) is 48.0 Å². The molecule has 1 fully saturated rings.